The van der Waals surface area contributed by atoms with Crippen LogP contribution in [0.25, 0.3) is 0 Å². The van der Waals surface area contributed by atoms with Gasteiger partial charge >= 0.3 is 0 Å². The summed E-state index contributed by atoms with van der Waals surface area (Å²) in [5, 5.41) is 0.130. The van der Waals surface area contributed by atoms with Gasteiger partial charge in [-0.1, -0.05) is 40.9 Å². The Bertz CT molecular complexity index is 606. The fourth-order valence-electron chi connectivity index (χ4n) is 2.15. The van der Waals surface area contributed by atoms with E-state index >= 15 is 0 Å². The van der Waals surface area contributed by atoms with E-state index in [0.29, 0.717) is 5.56 Å². The van der Waals surface area contributed by atoms with Crippen molar-refractivity contribution < 1.29 is 8.78 Å². The molecular formula is C15H14ClF2N. The van der Waals surface area contributed by atoms with Crippen molar-refractivity contribution in [2.24, 2.45) is 5.73 Å². The molecule has 0 aliphatic carbocycles. The Hall–Kier alpha value is -1.45. The summed E-state index contributed by atoms with van der Waals surface area (Å²) in [6, 6.07) is 7.27. The molecule has 2 N–H and O–H groups in total. The molecule has 100 valence electrons. The van der Waals surface area contributed by atoms with Crippen LogP contribution in [-0.2, 0) is 0 Å². The van der Waals surface area contributed by atoms with Gasteiger partial charge in [0.05, 0.1) is 6.04 Å². The van der Waals surface area contributed by atoms with Crippen molar-refractivity contribution in [1.82, 2.24) is 0 Å². The second-order valence-electron chi connectivity index (χ2n) is 4.69. The lowest BCUT2D eigenvalue weighted by atomic mass is 9.96. The fraction of sp³-hybridized carbons (Fsp3) is 0.200. The molecule has 0 saturated carbocycles. The third-order valence-electron chi connectivity index (χ3n) is 2.98. The molecule has 1 unspecified atom stereocenters. The number of halogens is 3. The largest absolute Gasteiger partial charge is 0.320 e. The molecular weight excluding hydrogens is 268 g/mol. The minimum Gasteiger partial charge on any atom is -0.320 e. The molecule has 0 heterocycles. The van der Waals surface area contributed by atoms with Gasteiger partial charge < -0.3 is 5.73 Å². The van der Waals surface area contributed by atoms with Crippen LogP contribution in [-0.4, -0.2) is 0 Å². The van der Waals surface area contributed by atoms with E-state index in [1.165, 1.54) is 0 Å². The topological polar surface area (TPSA) is 26.0 Å². The maximum Gasteiger partial charge on any atom is 0.160 e. The Labute approximate surface area is 116 Å². The molecule has 1 nitrogen and oxygen atoms in total. The maximum atomic E-state index is 13.3. The van der Waals surface area contributed by atoms with Crippen molar-refractivity contribution >= 4 is 11.6 Å². The lowest BCUT2D eigenvalue weighted by Gasteiger charge is -2.16. The van der Waals surface area contributed by atoms with Gasteiger partial charge in [0.15, 0.2) is 11.6 Å². The second kappa shape index (κ2) is 5.27. The van der Waals surface area contributed by atoms with E-state index in [2.05, 4.69) is 0 Å². The third-order valence-corrected chi connectivity index (χ3v) is 3.31. The SMILES string of the molecule is Cc1cc(C)cc(C(N)c2cc(F)c(F)cc2Cl)c1. The van der Waals surface area contributed by atoms with Crippen LogP contribution in [0.4, 0.5) is 8.78 Å². The second-order valence-corrected chi connectivity index (χ2v) is 5.09. The van der Waals surface area contributed by atoms with Crippen LogP contribution in [0.15, 0.2) is 30.3 Å². The van der Waals surface area contributed by atoms with Crippen molar-refractivity contribution in [2.75, 3.05) is 0 Å². The van der Waals surface area contributed by atoms with Crippen LogP contribution in [0.2, 0.25) is 5.02 Å². The predicted octanol–water partition coefficient (Wildman–Crippen LogP) is 4.28. The summed E-state index contributed by atoms with van der Waals surface area (Å²) in [5.41, 5.74) is 9.42. The molecule has 0 aliphatic rings. The Morgan fingerprint density at radius 2 is 1.47 bits per heavy atom. The van der Waals surface area contributed by atoms with Gasteiger partial charge in [0.1, 0.15) is 0 Å². The van der Waals surface area contributed by atoms with Crippen LogP contribution in [0.5, 0.6) is 0 Å². The first kappa shape index (κ1) is 14.0. The highest BCUT2D eigenvalue weighted by atomic mass is 35.5. The number of hydrogen-bond donors (Lipinski definition) is 1. The average Bonchev–Trinajstić information content (AvgIpc) is 2.31. The van der Waals surface area contributed by atoms with E-state index in [0.717, 1.165) is 28.8 Å². The molecule has 2 aromatic rings. The van der Waals surface area contributed by atoms with E-state index in [1.807, 2.05) is 32.0 Å². The lowest BCUT2D eigenvalue weighted by molar-refractivity contribution is 0.506. The minimum atomic E-state index is -0.971. The zero-order valence-electron chi connectivity index (χ0n) is 10.7. The van der Waals surface area contributed by atoms with Gasteiger partial charge in [0.25, 0.3) is 0 Å². The van der Waals surface area contributed by atoms with Crippen LogP contribution in [0.3, 0.4) is 0 Å². The number of nitrogens with two attached hydrogens (primary N) is 1. The van der Waals surface area contributed by atoms with Crippen molar-refractivity contribution in [2.45, 2.75) is 19.9 Å². The standard InChI is InChI=1S/C15H14ClF2N/c1-8-3-9(2)5-10(4-8)15(19)11-6-13(17)14(18)7-12(11)16/h3-7,15H,19H2,1-2H3. The van der Waals surface area contributed by atoms with Crippen LogP contribution >= 0.6 is 11.6 Å². The first-order chi connectivity index (χ1) is 8.88. The average molecular weight is 282 g/mol. The van der Waals surface area contributed by atoms with Gasteiger partial charge in [-0.25, -0.2) is 8.78 Å². The third kappa shape index (κ3) is 2.94. The summed E-state index contributed by atoms with van der Waals surface area (Å²) in [6.07, 6.45) is 0. The van der Waals surface area contributed by atoms with Crippen molar-refractivity contribution in [3.8, 4) is 0 Å². The highest BCUT2D eigenvalue weighted by molar-refractivity contribution is 6.31. The van der Waals surface area contributed by atoms with Gasteiger partial charge in [-0.2, -0.15) is 0 Å². The van der Waals surface area contributed by atoms with Crippen molar-refractivity contribution in [3.05, 3.63) is 69.2 Å². The summed E-state index contributed by atoms with van der Waals surface area (Å²) in [5.74, 6) is -1.92. The van der Waals surface area contributed by atoms with Gasteiger partial charge in [-0.15, -0.1) is 0 Å². The zero-order chi connectivity index (χ0) is 14.2. The molecule has 0 saturated heterocycles. The maximum absolute atomic E-state index is 13.3. The van der Waals surface area contributed by atoms with Crippen LogP contribution < -0.4 is 5.73 Å². The molecule has 0 radical (unpaired) electrons. The fourth-order valence-corrected chi connectivity index (χ4v) is 2.41. The van der Waals surface area contributed by atoms with Crippen molar-refractivity contribution in [3.63, 3.8) is 0 Å². The van der Waals surface area contributed by atoms with Gasteiger partial charge in [-0.05, 0) is 37.1 Å². The lowest BCUT2D eigenvalue weighted by Crippen LogP contribution is -2.13. The molecule has 0 amide bonds. The molecule has 19 heavy (non-hydrogen) atoms. The van der Waals surface area contributed by atoms with Crippen LogP contribution in [0.1, 0.15) is 28.3 Å². The number of aryl methyl sites for hydroxylation is 2. The van der Waals surface area contributed by atoms with Crippen LogP contribution in [0, 0.1) is 25.5 Å². The molecule has 2 rings (SSSR count). The molecule has 4 heteroatoms. The van der Waals surface area contributed by atoms with Gasteiger partial charge in [0, 0.05) is 5.02 Å². The Morgan fingerprint density at radius 3 is 2.05 bits per heavy atom. The molecule has 0 bridgehead atoms. The Morgan fingerprint density at radius 1 is 0.947 bits per heavy atom. The Balaban J connectivity index is 2.49. The highest BCUT2D eigenvalue weighted by Crippen LogP contribution is 2.29. The molecule has 0 aromatic heterocycles. The highest BCUT2D eigenvalue weighted by Gasteiger charge is 2.16. The van der Waals surface area contributed by atoms with E-state index in [4.69, 9.17) is 17.3 Å². The zero-order valence-corrected chi connectivity index (χ0v) is 11.4. The van der Waals surface area contributed by atoms with Crippen molar-refractivity contribution in [1.29, 1.82) is 0 Å². The van der Waals surface area contributed by atoms with E-state index in [9.17, 15) is 8.78 Å². The normalized spacial score (nSPS) is 12.5. The number of rotatable bonds is 2. The summed E-state index contributed by atoms with van der Waals surface area (Å²) < 4.78 is 26.4. The smallest absolute Gasteiger partial charge is 0.160 e. The predicted molar refractivity (Wildman–Crippen MR) is 73.3 cm³/mol. The summed E-state index contributed by atoms with van der Waals surface area (Å²) in [7, 11) is 0. The summed E-state index contributed by atoms with van der Waals surface area (Å²) >= 11 is 5.94. The molecule has 0 fully saturated rings. The monoisotopic (exact) mass is 281 g/mol. The van der Waals surface area contributed by atoms with E-state index in [1.54, 1.807) is 0 Å². The molecule has 1 atom stereocenters. The first-order valence-electron chi connectivity index (χ1n) is 5.86. The molecule has 0 aliphatic heterocycles. The number of benzene rings is 2. The number of hydrogen-bond acceptors (Lipinski definition) is 1. The van der Waals surface area contributed by atoms with E-state index < -0.39 is 17.7 Å². The summed E-state index contributed by atoms with van der Waals surface area (Å²) in [4.78, 5) is 0. The first-order valence-corrected chi connectivity index (χ1v) is 6.24. The minimum absolute atomic E-state index is 0.130. The van der Waals surface area contributed by atoms with E-state index in [-0.39, 0.29) is 5.02 Å². The summed E-state index contributed by atoms with van der Waals surface area (Å²) in [6.45, 7) is 3.91. The molecule has 0 spiro atoms. The molecule has 2 aromatic carbocycles. The quantitative estimate of drug-likeness (QED) is 0.817. The van der Waals surface area contributed by atoms with Gasteiger partial charge in [-0.3, -0.25) is 0 Å². The van der Waals surface area contributed by atoms with Gasteiger partial charge in [0.2, 0.25) is 0 Å². The Kier molecular flexibility index (Phi) is 3.88.